The number of thioether (sulfide) groups is 1. The Morgan fingerprint density at radius 1 is 1.07 bits per heavy atom. The fourth-order valence-electron chi connectivity index (χ4n) is 3.52. The van der Waals surface area contributed by atoms with Gasteiger partial charge in [0.1, 0.15) is 0 Å². The number of benzene rings is 3. The van der Waals surface area contributed by atoms with E-state index in [1.54, 1.807) is 11.1 Å². The molecule has 0 N–H and O–H groups in total. The highest BCUT2D eigenvalue weighted by Crippen LogP contribution is 2.30. The normalized spacial score (nSPS) is 18.4. The lowest BCUT2D eigenvalue weighted by atomic mass is 10.0. The van der Waals surface area contributed by atoms with Gasteiger partial charge in [0.2, 0.25) is 5.91 Å². The van der Waals surface area contributed by atoms with Crippen molar-refractivity contribution in [1.82, 2.24) is 4.90 Å². The summed E-state index contributed by atoms with van der Waals surface area (Å²) >= 11 is 1.46. The number of nitrogens with zero attached hydrogens (tertiary/aromatic N) is 3. The van der Waals surface area contributed by atoms with Crippen LogP contribution in [0.2, 0.25) is 0 Å². The fraction of sp³-hybridized carbons (Fsp3) is 0.208. The molecule has 4 rings (SSSR count). The van der Waals surface area contributed by atoms with Crippen LogP contribution in [-0.2, 0) is 11.3 Å². The van der Waals surface area contributed by atoms with Gasteiger partial charge in [0.05, 0.1) is 18.0 Å². The first kappa shape index (κ1) is 19.4. The highest BCUT2D eigenvalue weighted by Gasteiger charge is 2.35. The number of rotatable bonds is 4. The molecular weight excluding hydrogens is 378 g/mol. The van der Waals surface area contributed by atoms with E-state index in [1.807, 2.05) is 31.2 Å². The Morgan fingerprint density at radius 2 is 1.86 bits per heavy atom. The second-order valence-electron chi connectivity index (χ2n) is 7.31. The summed E-state index contributed by atoms with van der Waals surface area (Å²) in [5, 5.41) is 11.5. The first-order chi connectivity index (χ1) is 14.0. The first-order valence-electron chi connectivity index (χ1n) is 9.66. The molecule has 146 valence electrons. The molecule has 1 atom stereocenters. The second-order valence-corrected chi connectivity index (χ2v) is 8.62. The average molecular weight is 402 g/mol. The van der Waals surface area contributed by atoms with Crippen LogP contribution in [0.5, 0.6) is 0 Å². The molecule has 5 heteroatoms. The molecule has 1 fully saturated rings. The molecule has 1 heterocycles. The molecule has 3 aromatic carbocycles. The number of amides is 1. The number of fused-ring (bicyclic) bond motifs is 1. The zero-order chi connectivity index (χ0) is 20.4. The maximum atomic E-state index is 12.8. The summed E-state index contributed by atoms with van der Waals surface area (Å²) in [7, 11) is 0. The van der Waals surface area contributed by atoms with Gasteiger partial charge in [-0.05, 0) is 48.2 Å². The van der Waals surface area contributed by atoms with Crippen LogP contribution in [0.4, 0.5) is 0 Å². The van der Waals surface area contributed by atoms with E-state index in [0.29, 0.717) is 11.7 Å². The van der Waals surface area contributed by atoms with Gasteiger partial charge < -0.3 is 0 Å². The standard InChI is InChI=1S/C24H23N3OS/c1-16-11-12-20(17(2)13-16)14-25-26-24-27(23(28)18(3)29-24)15-21-9-6-8-19-7-4-5-10-22(19)21/h4-14,18H,15H2,1-3H3/b25-14+,26-24-. The highest BCUT2D eigenvalue weighted by atomic mass is 32.2. The molecule has 1 saturated heterocycles. The lowest BCUT2D eigenvalue weighted by Crippen LogP contribution is -2.30. The van der Waals surface area contributed by atoms with Crippen LogP contribution in [0.3, 0.4) is 0 Å². The van der Waals surface area contributed by atoms with Gasteiger partial charge in [-0.2, -0.15) is 5.10 Å². The predicted octanol–water partition coefficient (Wildman–Crippen LogP) is 5.31. The van der Waals surface area contributed by atoms with Gasteiger partial charge in [-0.15, -0.1) is 5.10 Å². The van der Waals surface area contributed by atoms with Crippen molar-refractivity contribution in [3.05, 3.63) is 82.9 Å². The van der Waals surface area contributed by atoms with Crippen LogP contribution in [0, 0.1) is 13.8 Å². The van der Waals surface area contributed by atoms with Crippen molar-refractivity contribution in [1.29, 1.82) is 0 Å². The maximum Gasteiger partial charge on any atom is 0.242 e. The summed E-state index contributed by atoms with van der Waals surface area (Å²) in [5.74, 6) is 0.0726. The number of carbonyl (C=O) groups excluding carboxylic acids is 1. The van der Waals surface area contributed by atoms with E-state index in [-0.39, 0.29) is 11.2 Å². The highest BCUT2D eigenvalue weighted by molar-refractivity contribution is 8.15. The van der Waals surface area contributed by atoms with Gasteiger partial charge in [-0.3, -0.25) is 9.69 Å². The lowest BCUT2D eigenvalue weighted by Gasteiger charge is -2.17. The van der Waals surface area contributed by atoms with E-state index >= 15 is 0 Å². The molecule has 1 aliphatic rings. The molecule has 1 amide bonds. The third-order valence-corrected chi connectivity index (χ3v) is 6.17. The molecule has 4 nitrogen and oxygen atoms in total. The fourth-order valence-corrected chi connectivity index (χ4v) is 4.44. The van der Waals surface area contributed by atoms with Crippen LogP contribution in [0.1, 0.15) is 29.2 Å². The number of hydrogen-bond acceptors (Lipinski definition) is 4. The number of aryl methyl sites for hydroxylation is 2. The Hall–Kier alpha value is -2.92. The maximum absolute atomic E-state index is 12.8. The van der Waals surface area contributed by atoms with Crippen molar-refractivity contribution in [2.24, 2.45) is 10.2 Å². The van der Waals surface area contributed by atoms with Crippen LogP contribution in [0.15, 0.2) is 70.9 Å². The van der Waals surface area contributed by atoms with E-state index in [1.165, 1.54) is 22.7 Å². The Kier molecular flexibility index (Phi) is 5.49. The molecule has 0 spiro atoms. The number of amidine groups is 1. The van der Waals surface area contributed by atoms with Crippen LogP contribution >= 0.6 is 11.8 Å². The second kappa shape index (κ2) is 8.21. The van der Waals surface area contributed by atoms with Crippen molar-refractivity contribution >= 4 is 39.8 Å². The van der Waals surface area contributed by atoms with Crippen molar-refractivity contribution in [3.8, 4) is 0 Å². The lowest BCUT2D eigenvalue weighted by molar-refractivity contribution is -0.126. The van der Waals surface area contributed by atoms with Crippen molar-refractivity contribution in [3.63, 3.8) is 0 Å². The third kappa shape index (κ3) is 4.10. The number of hydrogen-bond donors (Lipinski definition) is 0. The Morgan fingerprint density at radius 3 is 2.69 bits per heavy atom. The van der Waals surface area contributed by atoms with E-state index in [0.717, 1.165) is 22.1 Å². The molecule has 1 aliphatic heterocycles. The monoisotopic (exact) mass is 401 g/mol. The van der Waals surface area contributed by atoms with E-state index < -0.39 is 0 Å². The summed E-state index contributed by atoms with van der Waals surface area (Å²) in [6, 6.07) is 20.6. The molecule has 0 aliphatic carbocycles. The number of carbonyl (C=O) groups is 1. The van der Waals surface area contributed by atoms with Gasteiger partial charge in [0.25, 0.3) is 0 Å². The van der Waals surface area contributed by atoms with Gasteiger partial charge in [0.15, 0.2) is 5.17 Å². The SMILES string of the molecule is Cc1ccc(/C=N/N=C2\SC(C)C(=O)N2Cc2cccc3ccccc23)c(C)c1. The molecule has 29 heavy (non-hydrogen) atoms. The van der Waals surface area contributed by atoms with E-state index in [2.05, 4.69) is 60.4 Å². The van der Waals surface area contributed by atoms with Gasteiger partial charge in [-0.1, -0.05) is 78.0 Å². The summed E-state index contributed by atoms with van der Waals surface area (Å²) in [6.07, 6.45) is 1.76. The van der Waals surface area contributed by atoms with E-state index in [4.69, 9.17) is 0 Å². The van der Waals surface area contributed by atoms with E-state index in [9.17, 15) is 4.79 Å². The minimum Gasteiger partial charge on any atom is -0.284 e. The summed E-state index contributed by atoms with van der Waals surface area (Å²) in [5.41, 5.74) is 4.52. The third-order valence-electron chi connectivity index (χ3n) is 5.10. The molecule has 0 saturated carbocycles. The van der Waals surface area contributed by atoms with Gasteiger partial charge in [-0.25, -0.2) is 0 Å². The Labute approximate surface area is 175 Å². The van der Waals surface area contributed by atoms with Gasteiger partial charge in [0, 0.05) is 0 Å². The molecule has 1 unspecified atom stereocenters. The minimum atomic E-state index is -0.153. The van der Waals surface area contributed by atoms with Crippen LogP contribution in [0.25, 0.3) is 10.8 Å². The molecule has 0 radical (unpaired) electrons. The smallest absolute Gasteiger partial charge is 0.242 e. The molecule has 3 aromatic rings. The van der Waals surface area contributed by atoms with Crippen LogP contribution in [-0.4, -0.2) is 27.4 Å². The average Bonchev–Trinajstić information content (AvgIpc) is 2.97. The predicted molar refractivity (Wildman–Crippen MR) is 122 cm³/mol. The molecule has 0 aromatic heterocycles. The summed E-state index contributed by atoms with van der Waals surface area (Å²) in [6.45, 7) is 6.54. The minimum absolute atomic E-state index is 0.0726. The van der Waals surface area contributed by atoms with Crippen molar-refractivity contribution in [2.75, 3.05) is 0 Å². The summed E-state index contributed by atoms with van der Waals surface area (Å²) < 4.78 is 0. The zero-order valence-electron chi connectivity index (χ0n) is 16.8. The molecular formula is C24H23N3OS. The van der Waals surface area contributed by atoms with Crippen molar-refractivity contribution < 1.29 is 4.79 Å². The topological polar surface area (TPSA) is 45.0 Å². The largest absolute Gasteiger partial charge is 0.284 e. The van der Waals surface area contributed by atoms with Crippen molar-refractivity contribution in [2.45, 2.75) is 32.6 Å². The zero-order valence-corrected chi connectivity index (χ0v) is 17.6. The molecule has 0 bridgehead atoms. The van der Waals surface area contributed by atoms with Crippen LogP contribution < -0.4 is 0 Å². The van der Waals surface area contributed by atoms with Gasteiger partial charge >= 0.3 is 0 Å². The Balaban J connectivity index is 1.61. The summed E-state index contributed by atoms with van der Waals surface area (Å²) in [4.78, 5) is 14.5. The Bertz CT molecular complexity index is 1130. The quantitative estimate of drug-likeness (QED) is 0.439. The first-order valence-corrected chi connectivity index (χ1v) is 10.5.